The minimum Gasteiger partial charge on any atom is -0.361 e. The van der Waals surface area contributed by atoms with Crippen LogP contribution in [0.15, 0.2) is 71.9 Å². The predicted molar refractivity (Wildman–Crippen MR) is 120 cm³/mol. The van der Waals surface area contributed by atoms with Crippen LogP contribution in [0.2, 0.25) is 0 Å². The molecule has 0 radical (unpaired) electrons. The molecular formula is C24H20FN5O. The third-order valence-electron chi connectivity index (χ3n) is 5.52. The van der Waals surface area contributed by atoms with Crippen molar-refractivity contribution in [2.24, 2.45) is 0 Å². The molecule has 2 aromatic carbocycles. The molecule has 0 aliphatic heterocycles. The normalized spacial score (nSPS) is 12.4. The maximum Gasteiger partial charge on any atom is 0.263 e. The Morgan fingerprint density at radius 1 is 1.06 bits per heavy atom. The number of hydrogen-bond acceptors (Lipinski definition) is 4. The van der Waals surface area contributed by atoms with Gasteiger partial charge in [-0.15, -0.1) is 0 Å². The minimum absolute atomic E-state index is 0.0916. The molecule has 0 spiro atoms. The number of hydrogen-bond donors (Lipinski definition) is 2. The van der Waals surface area contributed by atoms with Crippen LogP contribution in [0.1, 0.15) is 24.2 Å². The molecule has 0 saturated carbocycles. The second-order valence-electron chi connectivity index (χ2n) is 7.53. The number of nitrogens with one attached hydrogen (secondary N) is 2. The zero-order valence-electron chi connectivity index (χ0n) is 17.1. The largest absolute Gasteiger partial charge is 0.361 e. The molecule has 0 aliphatic rings. The van der Waals surface area contributed by atoms with Crippen molar-refractivity contribution < 1.29 is 4.39 Å². The zero-order chi connectivity index (χ0) is 21.5. The predicted octanol–water partition coefficient (Wildman–Crippen LogP) is 4.88. The number of nitrogens with zero attached hydrogens (tertiary/aromatic N) is 3. The van der Waals surface area contributed by atoms with E-state index in [0.29, 0.717) is 22.2 Å². The van der Waals surface area contributed by atoms with E-state index in [1.54, 1.807) is 4.57 Å². The van der Waals surface area contributed by atoms with Crippen molar-refractivity contribution in [1.29, 1.82) is 0 Å². The SMILES string of the molecule is Cc1cccc2cc([C@H](C)Nc3ncnc4[nH]cc(F)c34)n(-c3ccccc3)c(=O)c12. The van der Waals surface area contributed by atoms with Gasteiger partial charge in [0.15, 0.2) is 5.82 Å². The van der Waals surface area contributed by atoms with Crippen molar-refractivity contribution in [3.05, 3.63) is 94.5 Å². The third kappa shape index (κ3) is 3.15. The highest BCUT2D eigenvalue weighted by molar-refractivity contribution is 5.88. The van der Waals surface area contributed by atoms with Crippen LogP contribution in [0, 0.1) is 12.7 Å². The fourth-order valence-corrected chi connectivity index (χ4v) is 4.03. The molecule has 3 heterocycles. The Morgan fingerprint density at radius 3 is 2.68 bits per heavy atom. The van der Waals surface area contributed by atoms with Crippen molar-refractivity contribution in [3.63, 3.8) is 0 Å². The fourth-order valence-electron chi connectivity index (χ4n) is 4.03. The van der Waals surface area contributed by atoms with E-state index in [0.717, 1.165) is 22.3 Å². The monoisotopic (exact) mass is 413 g/mol. The maximum absolute atomic E-state index is 14.3. The summed E-state index contributed by atoms with van der Waals surface area (Å²) < 4.78 is 16.0. The lowest BCUT2D eigenvalue weighted by Gasteiger charge is -2.22. The Bertz CT molecular complexity index is 1470. The van der Waals surface area contributed by atoms with Crippen LogP contribution in [-0.4, -0.2) is 19.5 Å². The highest BCUT2D eigenvalue weighted by Gasteiger charge is 2.19. The van der Waals surface area contributed by atoms with Crippen LogP contribution in [-0.2, 0) is 0 Å². The Hall–Kier alpha value is -4.00. The summed E-state index contributed by atoms with van der Waals surface area (Å²) in [5, 5.41) is 5.11. The Kier molecular flexibility index (Phi) is 4.51. The second-order valence-corrected chi connectivity index (χ2v) is 7.53. The van der Waals surface area contributed by atoms with E-state index in [9.17, 15) is 9.18 Å². The van der Waals surface area contributed by atoms with Crippen molar-refractivity contribution in [3.8, 4) is 5.69 Å². The topological polar surface area (TPSA) is 75.6 Å². The van der Waals surface area contributed by atoms with Gasteiger partial charge in [-0.2, -0.15) is 0 Å². The number of halogens is 1. The molecule has 2 N–H and O–H groups in total. The second kappa shape index (κ2) is 7.36. The standard InChI is InChI=1S/C24H20FN5O/c1-14-7-6-8-16-11-19(30(24(31)20(14)16)17-9-4-3-5-10-17)15(2)29-23-21-18(25)12-26-22(21)27-13-28-23/h3-13,15H,1-2H3,(H2,26,27,28,29)/t15-/m0/s1. The molecule has 31 heavy (non-hydrogen) atoms. The van der Waals surface area contributed by atoms with Crippen molar-refractivity contribution in [2.45, 2.75) is 19.9 Å². The number of benzene rings is 2. The quantitative estimate of drug-likeness (QED) is 0.440. The Balaban J connectivity index is 1.71. The highest BCUT2D eigenvalue weighted by atomic mass is 19.1. The molecule has 7 heteroatoms. The molecule has 0 aliphatic carbocycles. The molecule has 3 aromatic heterocycles. The van der Waals surface area contributed by atoms with Gasteiger partial charge >= 0.3 is 0 Å². The summed E-state index contributed by atoms with van der Waals surface area (Å²) in [5.74, 6) is -0.0625. The lowest BCUT2D eigenvalue weighted by molar-refractivity contribution is 0.639. The summed E-state index contributed by atoms with van der Waals surface area (Å²) in [7, 11) is 0. The summed E-state index contributed by atoms with van der Waals surface area (Å²) in [6, 6.07) is 17.0. The Labute approximate surface area is 177 Å². The molecular weight excluding hydrogens is 393 g/mol. The first kappa shape index (κ1) is 19.0. The van der Waals surface area contributed by atoms with Crippen LogP contribution in [0.3, 0.4) is 0 Å². The van der Waals surface area contributed by atoms with E-state index in [2.05, 4.69) is 20.3 Å². The third-order valence-corrected chi connectivity index (χ3v) is 5.52. The van der Waals surface area contributed by atoms with Gasteiger partial charge in [-0.1, -0.05) is 36.4 Å². The highest BCUT2D eigenvalue weighted by Crippen LogP contribution is 2.28. The van der Waals surface area contributed by atoms with Gasteiger partial charge < -0.3 is 10.3 Å². The number of anilines is 1. The molecule has 6 nitrogen and oxygen atoms in total. The van der Waals surface area contributed by atoms with E-state index in [4.69, 9.17) is 0 Å². The van der Waals surface area contributed by atoms with Crippen molar-refractivity contribution in [1.82, 2.24) is 19.5 Å². The Morgan fingerprint density at radius 2 is 1.87 bits per heavy atom. The number of aryl methyl sites for hydroxylation is 1. The van der Waals surface area contributed by atoms with E-state index in [1.807, 2.05) is 68.4 Å². The first-order valence-electron chi connectivity index (χ1n) is 9.99. The van der Waals surface area contributed by atoms with Gasteiger partial charge in [0.25, 0.3) is 5.56 Å². The van der Waals surface area contributed by atoms with Crippen molar-refractivity contribution in [2.75, 3.05) is 5.32 Å². The summed E-state index contributed by atoms with van der Waals surface area (Å²) in [6.07, 6.45) is 2.63. The summed E-state index contributed by atoms with van der Waals surface area (Å²) in [4.78, 5) is 24.7. The zero-order valence-corrected chi connectivity index (χ0v) is 17.1. The molecule has 154 valence electrons. The van der Waals surface area contributed by atoms with Gasteiger partial charge in [0.1, 0.15) is 17.8 Å². The molecule has 0 amide bonds. The smallest absolute Gasteiger partial charge is 0.263 e. The molecule has 0 saturated heterocycles. The fraction of sp³-hybridized carbons (Fsp3) is 0.125. The van der Waals surface area contributed by atoms with Crippen LogP contribution in [0.25, 0.3) is 27.5 Å². The van der Waals surface area contributed by atoms with Crippen molar-refractivity contribution >= 4 is 27.6 Å². The number of aromatic amines is 1. The number of para-hydroxylation sites is 1. The molecule has 5 aromatic rings. The number of H-pyrrole nitrogens is 1. The maximum atomic E-state index is 14.3. The van der Waals surface area contributed by atoms with Gasteiger partial charge in [-0.05, 0) is 43.0 Å². The van der Waals surface area contributed by atoms with E-state index in [-0.39, 0.29) is 11.6 Å². The van der Waals surface area contributed by atoms with Crippen LogP contribution >= 0.6 is 0 Å². The average Bonchev–Trinajstić information content (AvgIpc) is 3.16. The van der Waals surface area contributed by atoms with E-state index >= 15 is 0 Å². The summed E-state index contributed by atoms with van der Waals surface area (Å²) in [6.45, 7) is 3.86. The molecule has 5 rings (SSSR count). The molecule has 0 fully saturated rings. The number of aromatic nitrogens is 4. The molecule has 0 bridgehead atoms. The molecule has 1 atom stereocenters. The van der Waals surface area contributed by atoms with Gasteiger partial charge in [-0.25, -0.2) is 14.4 Å². The number of pyridine rings is 1. The van der Waals surface area contributed by atoms with Gasteiger partial charge in [0, 0.05) is 17.6 Å². The van der Waals surface area contributed by atoms with Crippen LogP contribution in [0.5, 0.6) is 0 Å². The summed E-state index contributed by atoms with van der Waals surface area (Å²) >= 11 is 0. The lowest BCUT2D eigenvalue weighted by Crippen LogP contribution is -2.26. The van der Waals surface area contributed by atoms with Crippen LogP contribution < -0.4 is 10.9 Å². The van der Waals surface area contributed by atoms with Gasteiger partial charge in [-0.3, -0.25) is 9.36 Å². The average molecular weight is 413 g/mol. The van der Waals surface area contributed by atoms with E-state index in [1.165, 1.54) is 12.5 Å². The first-order valence-corrected chi connectivity index (χ1v) is 9.99. The van der Waals surface area contributed by atoms with Crippen LogP contribution in [0.4, 0.5) is 10.2 Å². The molecule has 0 unspecified atom stereocenters. The first-order chi connectivity index (χ1) is 15.0. The minimum atomic E-state index is -0.431. The van der Waals surface area contributed by atoms with E-state index < -0.39 is 5.82 Å². The lowest BCUT2D eigenvalue weighted by atomic mass is 10.0. The summed E-state index contributed by atoms with van der Waals surface area (Å²) in [5.41, 5.74) is 2.76. The van der Waals surface area contributed by atoms with Gasteiger partial charge in [0.2, 0.25) is 0 Å². The number of fused-ring (bicyclic) bond motifs is 2. The number of rotatable bonds is 4. The van der Waals surface area contributed by atoms with Gasteiger partial charge in [0.05, 0.1) is 16.8 Å².